The molecule has 0 fully saturated rings. The number of benzene rings is 2. The predicted octanol–water partition coefficient (Wildman–Crippen LogP) is 2.73. The minimum atomic E-state index is -4.60. The van der Waals surface area contributed by atoms with Gasteiger partial charge in [0.25, 0.3) is 5.91 Å². The van der Waals surface area contributed by atoms with Gasteiger partial charge in [0.05, 0.1) is 11.1 Å². The quantitative estimate of drug-likeness (QED) is 0.908. The van der Waals surface area contributed by atoms with E-state index in [9.17, 15) is 22.8 Å². The van der Waals surface area contributed by atoms with Crippen molar-refractivity contribution in [3.05, 3.63) is 70.8 Å². The number of nitrogens with one attached hydrogen (secondary N) is 1. The van der Waals surface area contributed by atoms with Crippen LogP contribution in [0.5, 0.6) is 0 Å². The first kappa shape index (κ1) is 16.5. The van der Waals surface area contributed by atoms with Crippen LogP contribution in [-0.2, 0) is 12.7 Å². The molecule has 0 saturated heterocycles. The van der Waals surface area contributed by atoms with E-state index in [0.29, 0.717) is 11.1 Å². The van der Waals surface area contributed by atoms with E-state index in [4.69, 9.17) is 5.73 Å². The van der Waals surface area contributed by atoms with Gasteiger partial charge in [-0.2, -0.15) is 13.2 Å². The minimum absolute atomic E-state index is 0.0318. The highest BCUT2D eigenvalue weighted by Gasteiger charge is 2.34. The third-order valence-electron chi connectivity index (χ3n) is 3.17. The highest BCUT2D eigenvalue weighted by atomic mass is 19.4. The first-order chi connectivity index (χ1) is 10.8. The SMILES string of the molecule is NC(=O)c1ccc(CNC(=O)c2ccccc2C(F)(F)F)cc1. The van der Waals surface area contributed by atoms with Crippen molar-refractivity contribution < 1.29 is 22.8 Å². The van der Waals surface area contributed by atoms with Gasteiger partial charge in [0.1, 0.15) is 0 Å². The molecule has 2 aromatic carbocycles. The maximum Gasteiger partial charge on any atom is 0.417 e. The molecule has 0 aromatic heterocycles. The molecule has 0 radical (unpaired) electrons. The predicted molar refractivity (Wildman–Crippen MR) is 77.6 cm³/mol. The molecule has 0 bridgehead atoms. The lowest BCUT2D eigenvalue weighted by Gasteiger charge is -2.12. The Labute approximate surface area is 130 Å². The second kappa shape index (κ2) is 6.51. The highest BCUT2D eigenvalue weighted by Crippen LogP contribution is 2.31. The van der Waals surface area contributed by atoms with Crippen molar-refractivity contribution >= 4 is 11.8 Å². The van der Waals surface area contributed by atoms with Gasteiger partial charge >= 0.3 is 6.18 Å². The molecular weight excluding hydrogens is 309 g/mol. The van der Waals surface area contributed by atoms with Gasteiger partial charge in [-0.25, -0.2) is 0 Å². The van der Waals surface area contributed by atoms with Gasteiger partial charge in [0, 0.05) is 12.1 Å². The van der Waals surface area contributed by atoms with E-state index < -0.39 is 29.1 Å². The number of carbonyl (C=O) groups is 2. The van der Waals surface area contributed by atoms with Crippen LogP contribution in [0.15, 0.2) is 48.5 Å². The summed E-state index contributed by atoms with van der Waals surface area (Å²) >= 11 is 0. The zero-order valence-electron chi connectivity index (χ0n) is 11.9. The second-order valence-electron chi connectivity index (χ2n) is 4.79. The summed E-state index contributed by atoms with van der Waals surface area (Å²) < 4.78 is 38.6. The Morgan fingerprint density at radius 2 is 1.61 bits per heavy atom. The number of halogens is 3. The molecule has 0 atom stereocenters. The van der Waals surface area contributed by atoms with Gasteiger partial charge < -0.3 is 11.1 Å². The number of amides is 2. The Hall–Kier alpha value is -2.83. The van der Waals surface area contributed by atoms with Crippen molar-refractivity contribution in [3.63, 3.8) is 0 Å². The Morgan fingerprint density at radius 3 is 2.17 bits per heavy atom. The van der Waals surface area contributed by atoms with Crippen molar-refractivity contribution in [1.82, 2.24) is 5.32 Å². The molecule has 23 heavy (non-hydrogen) atoms. The van der Waals surface area contributed by atoms with E-state index in [1.165, 1.54) is 24.3 Å². The van der Waals surface area contributed by atoms with Crippen LogP contribution in [0.1, 0.15) is 31.8 Å². The second-order valence-corrected chi connectivity index (χ2v) is 4.79. The smallest absolute Gasteiger partial charge is 0.366 e. The van der Waals surface area contributed by atoms with Crippen LogP contribution in [0.4, 0.5) is 13.2 Å². The van der Waals surface area contributed by atoms with Crippen LogP contribution in [-0.4, -0.2) is 11.8 Å². The normalized spacial score (nSPS) is 11.1. The fourth-order valence-corrected chi connectivity index (χ4v) is 1.99. The number of rotatable bonds is 4. The molecular formula is C16H13F3N2O2. The van der Waals surface area contributed by atoms with Crippen LogP contribution in [0.2, 0.25) is 0 Å². The molecule has 2 aromatic rings. The topological polar surface area (TPSA) is 72.2 Å². The molecule has 2 amide bonds. The van der Waals surface area contributed by atoms with Crippen molar-refractivity contribution in [2.75, 3.05) is 0 Å². The molecule has 7 heteroatoms. The summed E-state index contributed by atoms with van der Waals surface area (Å²) in [6.45, 7) is 0.0318. The largest absolute Gasteiger partial charge is 0.417 e. The number of hydrogen-bond donors (Lipinski definition) is 2. The van der Waals surface area contributed by atoms with E-state index in [1.807, 2.05) is 0 Å². The minimum Gasteiger partial charge on any atom is -0.366 e. The monoisotopic (exact) mass is 322 g/mol. The fraction of sp³-hybridized carbons (Fsp3) is 0.125. The van der Waals surface area contributed by atoms with Crippen LogP contribution >= 0.6 is 0 Å². The summed E-state index contributed by atoms with van der Waals surface area (Å²) in [4.78, 5) is 22.9. The number of hydrogen-bond acceptors (Lipinski definition) is 2. The molecule has 2 rings (SSSR count). The summed E-state index contributed by atoms with van der Waals surface area (Å²) in [5.41, 5.74) is 4.62. The Morgan fingerprint density at radius 1 is 1.00 bits per heavy atom. The lowest BCUT2D eigenvalue weighted by Crippen LogP contribution is -2.25. The molecule has 4 nitrogen and oxygen atoms in total. The van der Waals surface area contributed by atoms with Crippen molar-refractivity contribution in [1.29, 1.82) is 0 Å². The van der Waals surface area contributed by atoms with Gasteiger partial charge in [0.2, 0.25) is 5.91 Å². The lowest BCUT2D eigenvalue weighted by atomic mass is 10.1. The Bertz CT molecular complexity index is 725. The average Bonchev–Trinajstić information content (AvgIpc) is 2.52. The van der Waals surface area contributed by atoms with Crippen LogP contribution < -0.4 is 11.1 Å². The summed E-state index contributed by atoms with van der Waals surface area (Å²) in [6, 6.07) is 10.7. The Balaban J connectivity index is 2.10. The fourth-order valence-electron chi connectivity index (χ4n) is 1.99. The summed E-state index contributed by atoms with van der Waals surface area (Å²) in [5, 5.41) is 2.42. The van der Waals surface area contributed by atoms with E-state index in [0.717, 1.165) is 12.1 Å². The summed E-state index contributed by atoms with van der Waals surface area (Å²) in [7, 11) is 0. The average molecular weight is 322 g/mol. The van der Waals surface area contributed by atoms with Gasteiger partial charge in [-0.05, 0) is 29.8 Å². The zero-order chi connectivity index (χ0) is 17.0. The molecule has 0 heterocycles. The molecule has 0 aliphatic rings. The summed E-state index contributed by atoms with van der Waals surface area (Å²) in [6.07, 6.45) is -4.60. The first-order valence-corrected chi connectivity index (χ1v) is 6.62. The van der Waals surface area contributed by atoms with E-state index in [2.05, 4.69) is 5.32 Å². The zero-order valence-corrected chi connectivity index (χ0v) is 11.9. The number of carbonyl (C=O) groups excluding carboxylic acids is 2. The Kier molecular flexibility index (Phi) is 4.68. The van der Waals surface area contributed by atoms with E-state index in [1.54, 1.807) is 12.1 Å². The van der Waals surface area contributed by atoms with Gasteiger partial charge in [0.15, 0.2) is 0 Å². The molecule has 0 unspecified atom stereocenters. The molecule has 0 aliphatic carbocycles. The first-order valence-electron chi connectivity index (χ1n) is 6.62. The van der Waals surface area contributed by atoms with Crippen molar-refractivity contribution in [2.45, 2.75) is 12.7 Å². The van der Waals surface area contributed by atoms with Gasteiger partial charge in [-0.3, -0.25) is 9.59 Å². The lowest BCUT2D eigenvalue weighted by molar-refractivity contribution is -0.137. The third kappa shape index (κ3) is 4.09. The van der Waals surface area contributed by atoms with Crippen LogP contribution in [0.25, 0.3) is 0 Å². The summed E-state index contributed by atoms with van der Waals surface area (Å²) in [5.74, 6) is -1.41. The van der Waals surface area contributed by atoms with Crippen molar-refractivity contribution in [2.24, 2.45) is 5.73 Å². The molecule has 120 valence electrons. The molecule has 0 saturated carbocycles. The van der Waals surface area contributed by atoms with Crippen LogP contribution in [0.3, 0.4) is 0 Å². The molecule has 0 aliphatic heterocycles. The number of alkyl halides is 3. The maximum absolute atomic E-state index is 12.9. The molecule has 3 N–H and O–H groups in total. The van der Waals surface area contributed by atoms with E-state index >= 15 is 0 Å². The third-order valence-corrected chi connectivity index (χ3v) is 3.17. The van der Waals surface area contributed by atoms with E-state index in [-0.39, 0.29) is 6.54 Å². The van der Waals surface area contributed by atoms with Crippen LogP contribution in [0, 0.1) is 0 Å². The highest BCUT2D eigenvalue weighted by molar-refractivity contribution is 5.96. The van der Waals surface area contributed by atoms with Gasteiger partial charge in [-0.1, -0.05) is 24.3 Å². The van der Waals surface area contributed by atoms with Crippen molar-refractivity contribution in [3.8, 4) is 0 Å². The standard InChI is InChI=1S/C16H13F3N2O2/c17-16(18,19)13-4-2-1-3-12(13)15(23)21-9-10-5-7-11(8-6-10)14(20)22/h1-8H,9H2,(H2,20,22)(H,21,23). The molecule has 0 spiro atoms. The number of primary amides is 1. The maximum atomic E-state index is 12.9. The number of nitrogens with two attached hydrogens (primary N) is 1. The van der Waals surface area contributed by atoms with Gasteiger partial charge in [-0.15, -0.1) is 0 Å².